The van der Waals surface area contributed by atoms with Crippen molar-refractivity contribution in [3.05, 3.63) is 0 Å². The van der Waals surface area contributed by atoms with Gasteiger partial charge in [0, 0.05) is 19.1 Å². The lowest BCUT2D eigenvalue weighted by atomic mass is 10.1. The highest BCUT2D eigenvalue weighted by Crippen LogP contribution is 2.16. The van der Waals surface area contributed by atoms with Gasteiger partial charge >= 0.3 is 0 Å². The average molecular weight is 168 g/mol. The van der Waals surface area contributed by atoms with Gasteiger partial charge in [0.05, 0.1) is 18.6 Å². The minimum Gasteiger partial charge on any atom is -0.392 e. The Morgan fingerprint density at radius 3 is 2.92 bits per heavy atom. The van der Waals surface area contributed by atoms with E-state index in [1.54, 1.807) is 0 Å². The van der Waals surface area contributed by atoms with E-state index < -0.39 is 0 Å². The van der Waals surface area contributed by atoms with Crippen LogP contribution in [0.2, 0.25) is 0 Å². The minimum absolute atomic E-state index is 0.169. The fourth-order valence-electron chi connectivity index (χ4n) is 1.74. The maximum absolute atomic E-state index is 9.29. The molecular formula is C9H16N2O. The molecule has 1 aliphatic rings. The van der Waals surface area contributed by atoms with Crippen LogP contribution in [0.4, 0.5) is 0 Å². The maximum atomic E-state index is 9.29. The first-order valence-electron chi connectivity index (χ1n) is 4.57. The van der Waals surface area contributed by atoms with Gasteiger partial charge in [0.2, 0.25) is 0 Å². The number of nitrogens with zero attached hydrogens (tertiary/aromatic N) is 2. The Bertz CT molecular complexity index is 176. The molecular weight excluding hydrogens is 152 g/mol. The maximum Gasteiger partial charge on any atom is 0.0679 e. The van der Waals surface area contributed by atoms with E-state index in [1.165, 1.54) is 0 Å². The molecule has 0 amide bonds. The van der Waals surface area contributed by atoms with Gasteiger partial charge in [-0.3, -0.25) is 4.90 Å². The first-order valence-corrected chi connectivity index (χ1v) is 4.57. The Morgan fingerprint density at radius 1 is 1.75 bits per heavy atom. The van der Waals surface area contributed by atoms with Gasteiger partial charge in [-0.25, -0.2) is 0 Å². The lowest BCUT2D eigenvalue weighted by molar-refractivity contribution is 0.158. The number of aliphatic hydroxyl groups excluding tert-OH is 1. The van der Waals surface area contributed by atoms with Crippen molar-refractivity contribution in [3.8, 4) is 6.07 Å². The predicted octanol–water partition coefficient (Wildman–Crippen LogP) is 0.745. The van der Waals surface area contributed by atoms with Crippen LogP contribution in [0.3, 0.4) is 0 Å². The van der Waals surface area contributed by atoms with Crippen molar-refractivity contribution in [1.29, 1.82) is 5.26 Å². The van der Waals surface area contributed by atoms with Crippen LogP contribution in [-0.4, -0.2) is 35.2 Å². The summed E-state index contributed by atoms with van der Waals surface area (Å²) in [5.74, 6) is 0. The normalized spacial score (nSPS) is 26.9. The van der Waals surface area contributed by atoms with Crippen LogP contribution in [0.25, 0.3) is 0 Å². The Morgan fingerprint density at radius 2 is 2.50 bits per heavy atom. The molecule has 0 aromatic rings. The molecule has 1 heterocycles. The van der Waals surface area contributed by atoms with Crippen LogP contribution in [0.5, 0.6) is 0 Å². The van der Waals surface area contributed by atoms with E-state index in [9.17, 15) is 5.11 Å². The molecule has 0 aromatic carbocycles. The molecule has 1 saturated heterocycles. The van der Waals surface area contributed by atoms with Gasteiger partial charge in [-0.05, 0) is 12.8 Å². The van der Waals surface area contributed by atoms with Crippen LogP contribution < -0.4 is 0 Å². The molecule has 12 heavy (non-hydrogen) atoms. The van der Waals surface area contributed by atoms with E-state index in [0.717, 1.165) is 25.9 Å². The van der Waals surface area contributed by atoms with Crippen LogP contribution in [0, 0.1) is 11.3 Å². The number of likely N-dealkylation sites (tertiary alicyclic amines) is 1. The Hall–Kier alpha value is -0.590. The second-order valence-corrected chi connectivity index (χ2v) is 3.36. The third-order valence-electron chi connectivity index (χ3n) is 2.51. The van der Waals surface area contributed by atoms with E-state index in [2.05, 4.69) is 17.9 Å². The zero-order valence-corrected chi connectivity index (χ0v) is 7.53. The lowest BCUT2D eigenvalue weighted by Crippen LogP contribution is -2.33. The monoisotopic (exact) mass is 168 g/mol. The number of hydrogen-bond acceptors (Lipinski definition) is 3. The minimum atomic E-state index is -0.169. The number of rotatable bonds is 3. The summed E-state index contributed by atoms with van der Waals surface area (Å²) >= 11 is 0. The highest BCUT2D eigenvalue weighted by Gasteiger charge is 2.25. The van der Waals surface area contributed by atoms with Crippen LogP contribution in [-0.2, 0) is 0 Å². The van der Waals surface area contributed by atoms with E-state index in [1.807, 2.05) is 0 Å². The van der Waals surface area contributed by atoms with Gasteiger partial charge in [-0.1, -0.05) is 6.92 Å². The van der Waals surface area contributed by atoms with Crippen LogP contribution >= 0.6 is 0 Å². The van der Waals surface area contributed by atoms with E-state index in [0.29, 0.717) is 12.5 Å². The van der Waals surface area contributed by atoms with Crippen molar-refractivity contribution in [2.45, 2.75) is 38.3 Å². The Labute approximate surface area is 73.6 Å². The zero-order chi connectivity index (χ0) is 8.97. The van der Waals surface area contributed by atoms with Gasteiger partial charge in [-0.15, -0.1) is 0 Å². The average Bonchev–Trinajstić information content (AvgIpc) is 2.47. The van der Waals surface area contributed by atoms with Gasteiger partial charge in [0.15, 0.2) is 0 Å². The summed E-state index contributed by atoms with van der Waals surface area (Å²) in [5.41, 5.74) is 0. The van der Waals surface area contributed by atoms with E-state index in [-0.39, 0.29) is 6.10 Å². The molecule has 2 atom stereocenters. The fraction of sp³-hybridized carbons (Fsp3) is 0.889. The van der Waals surface area contributed by atoms with E-state index >= 15 is 0 Å². The molecule has 1 aliphatic heterocycles. The van der Waals surface area contributed by atoms with Crippen LogP contribution in [0.1, 0.15) is 26.2 Å². The Balaban J connectivity index is 2.39. The van der Waals surface area contributed by atoms with Gasteiger partial charge in [-0.2, -0.15) is 5.26 Å². The molecule has 1 unspecified atom stereocenters. The summed E-state index contributed by atoms with van der Waals surface area (Å²) in [6, 6.07) is 2.54. The summed E-state index contributed by atoms with van der Waals surface area (Å²) in [6.07, 6.45) is 2.28. The molecule has 3 nitrogen and oxygen atoms in total. The van der Waals surface area contributed by atoms with Crippen molar-refractivity contribution >= 4 is 0 Å². The smallest absolute Gasteiger partial charge is 0.0679 e. The molecule has 0 bridgehead atoms. The largest absolute Gasteiger partial charge is 0.392 e. The van der Waals surface area contributed by atoms with Crippen molar-refractivity contribution in [1.82, 2.24) is 4.90 Å². The molecule has 3 heteroatoms. The van der Waals surface area contributed by atoms with Crippen molar-refractivity contribution in [2.24, 2.45) is 0 Å². The topological polar surface area (TPSA) is 47.3 Å². The van der Waals surface area contributed by atoms with Crippen LogP contribution in [0.15, 0.2) is 0 Å². The highest BCUT2D eigenvalue weighted by atomic mass is 16.3. The quantitative estimate of drug-likeness (QED) is 0.676. The zero-order valence-electron chi connectivity index (χ0n) is 7.53. The second-order valence-electron chi connectivity index (χ2n) is 3.36. The highest BCUT2D eigenvalue weighted by molar-refractivity contribution is 4.86. The third-order valence-corrected chi connectivity index (χ3v) is 2.51. The molecule has 1 rings (SSSR count). The van der Waals surface area contributed by atoms with Gasteiger partial charge in [0.1, 0.15) is 0 Å². The molecule has 0 radical (unpaired) electrons. The summed E-state index contributed by atoms with van der Waals surface area (Å²) in [7, 11) is 0. The lowest BCUT2D eigenvalue weighted by Gasteiger charge is -2.23. The fourth-order valence-corrected chi connectivity index (χ4v) is 1.74. The van der Waals surface area contributed by atoms with Crippen molar-refractivity contribution < 1.29 is 5.11 Å². The predicted molar refractivity (Wildman–Crippen MR) is 46.5 cm³/mol. The second kappa shape index (κ2) is 4.44. The summed E-state index contributed by atoms with van der Waals surface area (Å²) in [6.45, 7) is 3.79. The van der Waals surface area contributed by atoms with E-state index in [4.69, 9.17) is 5.26 Å². The first kappa shape index (κ1) is 9.50. The molecule has 0 saturated carbocycles. The molecule has 68 valence electrons. The summed E-state index contributed by atoms with van der Waals surface area (Å²) in [5, 5.41) is 17.8. The number of β-amino-alcohol motifs (C(OH)–C–C–N with tert-alkyl or cyclic N) is 1. The summed E-state index contributed by atoms with van der Waals surface area (Å²) in [4.78, 5) is 2.22. The number of aliphatic hydroxyl groups is 1. The third kappa shape index (κ3) is 2.20. The number of hydrogen-bond donors (Lipinski definition) is 1. The standard InChI is InChI=1S/C9H16N2O/c1-2-8(3-5-10)11-6-4-9(12)7-11/h8-9,12H,2-4,6-7H2,1H3/t8?,9-/m1/s1. The number of nitriles is 1. The first-order chi connectivity index (χ1) is 5.77. The molecule has 0 aliphatic carbocycles. The molecule has 1 N–H and O–H groups in total. The van der Waals surface area contributed by atoms with Gasteiger partial charge in [0.25, 0.3) is 0 Å². The van der Waals surface area contributed by atoms with Crippen molar-refractivity contribution in [3.63, 3.8) is 0 Å². The van der Waals surface area contributed by atoms with Gasteiger partial charge < -0.3 is 5.11 Å². The molecule has 0 spiro atoms. The molecule has 1 fully saturated rings. The molecule has 0 aromatic heterocycles. The SMILES string of the molecule is CCC(CC#N)N1CC[C@@H](O)C1. The summed E-state index contributed by atoms with van der Waals surface area (Å²) < 4.78 is 0. The Kier molecular flexibility index (Phi) is 3.51. The van der Waals surface area contributed by atoms with Crippen molar-refractivity contribution in [2.75, 3.05) is 13.1 Å².